The van der Waals surface area contributed by atoms with Crippen LogP contribution in [0.25, 0.3) is 0 Å². The third-order valence-electron chi connectivity index (χ3n) is 4.22. The summed E-state index contributed by atoms with van der Waals surface area (Å²) in [7, 11) is 1.94. The molecule has 0 saturated heterocycles. The zero-order valence-corrected chi connectivity index (χ0v) is 13.8. The SMILES string of the molecule is CNC1(CC(=O)NCCC(=O)NCC(C)C)CCCCC1. The summed E-state index contributed by atoms with van der Waals surface area (Å²) in [5.41, 5.74) is -0.0394. The Balaban J connectivity index is 2.22. The summed E-state index contributed by atoms with van der Waals surface area (Å²) >= 11 is 0. The van der Waals surface area contributed by atoms with E-state index in [1.54, 1.807) is 0 Å². The van der Waals surface area contributed by atoms with Crippen LogP contribution in [0, 0.1) is 5.92 Å². The number of carbonyl (C=O) groups excluding carboxylic acids is 2. The van der Waals surface area contributed by atoms with Crippen LogP contribution in [0.5, 0.6) is 0 Å². The third-order valence-corrected chi connectivity index (χ3v) is 4.22. The van der Waals surface area contributed by atoms with Gasteiger partial charge in [-0.25, -0.2) is 0 Å². The number of hydrogen-bond donors (Lipinski definition) is 3. The van der Waals surface area contributed by atoms with Crippen LogP contribution in [-0.2, 0) is 9.59 Å². The molecule has 1 rings (SSSR count). The molecule has 1 saturated carbocycles. The van der Waals surface area contributed by atoms with Crippen molar-refractivity contribution in [3.8, 4) is 0 Å². The highest BCUT2D eigenvalue weighted by atomic mass is 16.2. The number of rotatable bonds is 8. The molecule has 3 N–H and O–H groups in total. The van der Waals surface area contributed by atoms with Crippen LogP contribution in [0.2, 0.25) is 0 Å². The molecule has 0 spiro atoms. The van der Waals surface area contributed by atoms with E-state index in [1.165, 1.54) is 19.3 Å². The molecule has 0 aromatic heterocycles. The maximum Gasteiger partial charge on any atom is 0.221 e. The molecule has 0 heterocycles. The summed E-state index contributed by atoms with van der Waals surface area (Å²) in [5, 5.41) is 9.06. The lowest BCUT2D eigenvalue weighted by Gasteiger charge is -2.36. The van der Waals surface area contributed by atoms with Crippen molar-refractivity contribution in [1.82, 2.24) is 16.0 Å². The number of amides is 2. The van der Waals surface area contributed by atoms with E-state index in [-0.39, 0.29) is 17.4 Å². The molecule has 5 heteroatoms. The molecule has 21 heavy (non-hydrogen) atoms. The maximum absolute atomic E-state index is 12.0. The Bertz CT molecular complexity index is 336. The summed E-state index contributed by atoms with van der Waals surface area (Å²) < 4.78 is 0. The first-order chi connectivity index (χ1) is 9.97. The number of nitrogens with one attached hydrogen (secondary N) is 3. The monoisotopic (exact) mass is 297 g/mol. The van der Waals surface area contributed by atoms with Gasteiger partial charge in [0.1, 0.15) is 0 Å². The van der Waals surface area contributed by atoms with Gasteiger partial charge in [-0.15, -0.1) is 0 Å². The fraction of sp³-hybridized carbons (Fsp3) is 0.875. The van der Waals surface area contributed by atoms with Crippen LogP contribution in [-0.4, -0.2) is 37.5 Å². The van der Waals surface area contributed by atoms with Gasteiger partial charge in [0.25, 0.3) is 0 Å². The highest BCUT2D eigenvalue weighted by Crippen LogP contribution is 2.30. The molecule has 1 fully saturated rings. The minimum atomic E-state index is -0.0394. The zero-order chi connectivity index (χ0) is 15.7. The molecule has 0 aromatic carbocycles. The van der Waals surface area contributed by atoms with Gasteiger partial charge in [-0.05, 0) is 25.8 Å². The Morgan fingerprint density at radius 3 is 2.29 bits per heavy atom. The van der Waals surface area contributed by atoms with Crippen molar-refractivity contribution < 1.29 is 9.59 Å². The first kappa shape index (κ1) is 18.0. The predicted molar refractivity (Wildman–Crippen MR) is 85.0 cm³/mol. The average molecular weight is 297 g/mol. The largest absolute Gasteiger partial charge is 0.356 e. The first-order valence-electron chi connectivity index (χ1n) is 8.20. The minimum Gasteiger partial charge on any atom is -0.356 e. The Kier molecular flexibility index (Phi) is 7.72. The minimum absolute atomic E-state index is 0.00463. The van der Waals surface area contributed by atoms with Crippen LogP contribution in [0.1, 0.15) is 58.8 Å². The summed E-state index contributed by atoms with van der Waals surface area (Å²) in [6, 6.07) is 0. The summed E-state index contributed by atoms with van der Waals surface area (Å²) in [6.45, 7) is 5.23. The van der Waals surface area contributed by atoms with Gasteiger partial charge in [0.2, 0.25) is 11.8 Å². The van der Waals surface area contributed by atoms with Gasteiger partial charge in [0.05, 0.1) is 0 Å². The van der Waals surface area contributed by atoms with Crippen molar-refractivity contribution in [3.63, 3.8) is 0 Å². The van der Waals surface area contributed by atoms with Crippen LogP contribution in [0.3, 0.4) is 0 Å². The second-order valence-corrected chi connectivity index (χ2v) is 6.57. The smallest absolute Gasteiger partial charge is 0.221 e. The molecule has 0 bridgehead atoms. The lowest BCUT2D eigenvalue weighted by Crippen LogP contribution is -2.48. The van der Waals surface area contributed by atoms with Crippen LogP contribution in [0.4, 0.5) is 0 Å². The van der Waals surface area contributed by atoms with Gasteiger partial charge in [-0.2, -0.15) is 0 Å². The van der Waals surface area contributed by atoms with Gasteiger partial charge in [-0.3, -0.25) is 9.59 Å². The van der Waals surface area contributed by atoms with Crippen LogP contribution >= 0.6 is 0 Å². The normalized spacial score (nSPS) is 17.5. The second kappa shape index (κ2) is 9.03. The second-order valence-electron chi connectivity index (χ2n) is 6.57. The molecular formula is C16H31N3O2. The van der Waals surface area contributed by atoms with Crippen molar-refractivity contribution in [2.75, 3.05) is 20.1 Å². The molecule has 0 radical (unpaired) electrons. The topological polar surface area (TPSA) is 70.2 Å². The van der Waals surface area contributed by atoms with E-state index in [2.05, 4.69) is 29.8 Å². The average Bonchev–Trinajstić information content (AvgIpc) is 2.46. The molecule has 0 aliphatic heterocycles. The van der Waals surface area contributed by atoms with Crippen molar-refractivity contribution in [3.05, 3.63) is 0 Å². The van der Waals surface area contributed by atoms with Gasteiger partial charge in [0.15, 0.2) is 0 Å². The fourth-order valence-corrected chi connectivity index (χ4v) is 2.84. The van der Waals surface area contributed by atoms with E-state index in [9.17, 15) is 9.59 Å². The van der Waals surface area contributed by atoms with Crippen molar-refractivity contribution in [2.45, 2.75) is 64.3 Å². The molecule has 1 aliphatic rings. The van der Waals surface area contributed by atoms with E-state index in [1.807, 2.05) is 7.05 Å². The van der Waals surface area contributed by atoms with E-state index < -0.39 is 0 Å². The van der Waals surface area contributed by atoms with Crippen LogP contribution in [0.15, 0.2) is 0 Å². The Hall–Kier alpha value is -1.10. The van der Waals surface area contributed by atoms with Crippen LogP contribution < -0.4 is 16.0 Å². The zero-order valence-electron chi connectivity index (χ0n) is 13.8. The van der Waals surface area contributed by atoms with E-state index in [4.69, 9.17) is 0 Å². The first-order valence-corrected chi connectivity index (χ1v) is 8.20. The Labute approximate surface area is 128 Å². The van der Waals surface area contributed by atoms with Gasteiger partial charge >= 0.3 is 0 Å². The fourth-order valence-electron chi connectivity index (χ4n) is 2.84. The standard InChI is InChI=1S/C16H31N3O2/c1-13(2)12-19-14(20)7-10-18-15(21)11-16(17-3)8-5-4-6-9-16/h13,17H,4-12H2,1-3H3,(H,18,21)(H,19,20). The highest BCUT2D eigenvalue weighted by molar-refractivity contribution is 5.79. The Morgan fingerprint density at radius 2 is 1.71 bits per heavy atom. The third kappa shape index (κ3) is 6.93. The lowest BCUT2D eigenvalue weighted by atomic mass is 9.79. The van der Waals surface area contributed by atoms with Gasteiger partial charge in [-0.1, -0.05) is 33.1 Å². The van der Waals surface area contributed by atoms with Gasteiger partial charge in [0, 0.05) is 31.5 Å². The summed E-state index contributed by atoms with van der Waals surface area (Å²) in [6.07, 6.45) is 6.62. The van der Waals surface area contributed by atoms with E-state index >= 15 is 0 Å². The maximum atomic E-state index is 12.0. The van der Waals surface area contributed by atoms with Crippen molar-refractivity contribution >= 4 is 11.8 Å². The summed E-state index contributed by atoms with van der Waals surface area (Å²) in [5.74, 6) is 0.498. The van der Waals surface area contributed by atoms with Gasteiger partial charge < -0.3 is 16.0 Å². The Morgan fingerprint density at radius 1 is 1.05 bits per heavy atom. The molecule has 0 unspecified atom stereocenters. The van der Waals surface area contributed by atoms with E-state index in [0.717, 1.165) is 12.8 Å². The highest BCUT2D eigenvalue weighted by Gasteiger charge is 2.32. The molecular weight excluding hydrogens is 266 g/mol. The van der Waals surface area contributed by atoms with Crippen molar-refractivity contribution in [2.24, 2.45) is 5.92 Å². The molecule has 0 atom stereocenters. The molecule has 122 valence electrons. The number of hydrogen-bond acceptors (Lipinski definition) is 3. The quantitative estimate of drug-likeness (QED) is 0.637. The lowest BCUT2D eigenvalue weighted by molar-refractivity contribution is -0.123. The molecule has 2 amide bonds. The van der Waals surface area contributed by atoms with Crippen molar-refractivity contribution in [1.29, 1.82) is 0 Å². The summed E-state index contributed by atoms with van der Waals surface area (Å²) in [4.78, 5) is 23.6. The van der Waals surface area contributed by atoms with E-state index in [0.29, 0.717) is 31.8 Å². The molecule has 1 aliphatic carbocycles. The predicted octanol–water partition coefficient (Wildman–Crippen LogP) is 1.58. The molecule has 0 aromatic rings. The molecule has 5 nitrogen and oxygen atoms in total. The number of carbonyl (C=O) groups is 2.